The fraction of sp³-hybridized carbons (Fsp3) is 0. The molecule has 0 radical (unpaired) electrons. The Morgan fingerprint density at radius 1 is 1.12 bits per heavy atom. The summed E-state index contributed by atoms with van der Waals surface area (Å²) in [6.45, 7) is 0. The van der Waals surface area contributed by atoms with E-state index in [-0.39, 0.29) is 0 Å². The molecule has 0 aliphatic carbocycles. The van der Waals surface area contributed by atoms with E-state index in [0.29, 0.717) is 5.56 Å². The molecule has 17 heavy (non-hydrogen) atoms. The third-order valence-corrected chi connectivity index (χ3v) is 4.92. The summed E-state index contributed by atoms with van der Waals surface area (Å²) in [6.07, 6.45) is 0. The average Bonchev–Trinajstić information content (AvgIpc) is 2.77. The minimum atomic E-state index is -0.903. The van der Waals surface area contributed by atoms with E-state index < -0.39 is 5.97 Å². The summed E-state index contributed by atoms with van der Waals surface area (Å²) >= 11 is 4.46. The van der Waals surface area contributed by atoms with Crippen molar-refractivity contribution in [2.75, 3.05) is 0 Å². The van der Waals surface area contributed by atoms with Gasteiger partial charge in [0.05, 0.1) is 14.0 Å². The fourth-order valence-corrected chi connectivity index (χ4v) is 3.81. The highest BCUT2D eigenvalue weighted by atomic mass is 32.2. The van der Waals surface area contributed by atoms with Gasteiger partial charge >= 0.3 is 5.97 Å². The van der Waals surface area contributed by atoms with Gasteiger partial charge in [-0.3, -0.25) is 5.14 Å². The fourth-order valence-electron chi connectivity index (χ4n) is 1.20. The molecule has 0 atom stereocenters. The lowest BCUT2D eigenvalue weighted by Crippen LogP contribution is -1.94. The smallest absolute Gasteiger partial charge is 0.335 e. The number of rotatable bonds is 4. The van der Waals surface area contributed by atoms with Gasteiger partial charge in [0, 0.05) is 4.90 Å². The Morgan fingerprint density at radius 3 is 2.29 bits per heavy atom. The van der Waals surface area contributed by atoms with E-state index in [9.17, 15) is 4.79 Å². The quantitative estimate of drug-likeness (QED) is 0.840. The standard InChI is InChI=1S/C11H9NO2S3/c12-17-10-6-5-9(16-10)15-8-3-1-7(2-4-8)11(13)14/h1-6H,12H2,(H,13,14). The Kier molecular flexibility index (Phi) is 4.11. The number of carbonyl (C=O) groups is 1. The summed E-state index contributed by atoms with van der Waals surface area (Å²) in [5, 5.41) is 14.2. The summed E-state index contributed by atoms with van der Waals surface area (Å²) in [5.41, 5.74) is 0.304. The number of thiophene rings is 1. The first-order valence-electron chi connectivity index (χ1n) is 4.67. The number of nitrogens with two attached hydrogens (primary N) is 1. The monoisotopic (exact) mass is 283 g/mol. The maximum absolute atomic E-state index is 10.7. The molecule has 0 spiro atoms. The van der Waals surface area contributed by atoms with Crippen molar-refractivity contribution in [3.63, 3.8) is 0 Å². The molecule has 2 rings (SSSR count). The minimum Gasteiger partial charge on any atom is -0.478 e. The lowest BCUT2D eigenvalue weighted by atomic mass is 10.2. The highest BCUT2D eigenvalue weighted by Crippen LogP contribution is 2.35. The molecule has 0 fully saturated rings. The van der Waals surface area contributed by atoms with E-state index in [2.05, 4.69) is 0 Å². The molecule has 0 aliphatic heterocycles. The van der Waals surface area contributed by atoms with Crippen LogP contribution in [0.5, 0.6) is 0 Å². The minimum absolute atomic E-state index is 0.304. The summed E-state index contributed by atoms with van der Waals surface area (Å²) in [6, 6.07) is 10.8. The number of hydrogen-bond donors (Lipinski definition) is 2. The second-order valence-corrected chi connectivity index (χ2v) is 6.51. The van der Waals surface area contributed by atoms with Crippen molar-refractivity contribution in [3.8, 4) is 0 Å². The second kappa shape index (κ2) is 5.59. The van der Waals surface area contributed by atoms with Crippen LogP contribution in [0.4, 0.5) is 0 Å². The van der Waals surface area contributed by atoms with Crippen molar-refractivity contribution < 1.29 is 9.90 Å². The first-order valence-corrected chi connectivity index (χ1v) is 7.18. The zero-order chi connectivity index (χ0) is 12.3. The predicted molar refractivity (Wildman–Crippen MR) is 71.9 cm³/mol. The molecule has 2 aromatic rings. The SMILES string of the molecule is NSc1ccc(Sc2ccc(C(=O)O)cc2)s1. The number of carboxylic acid groups (broad SMARTS) is 1. The highest BCUT2D eigenvalue weighted by Gasteiger charge is 2.04. The van der Waals surface area contributed by atoms with Gasteiger partial charge in [-0.15, -0.1) is 11.3 Å². The summed E-state index contributed by atoms with van der Waals surface area (Å²) in [7, 11) is 0. The molecule has 0 amide bonds. The highest BCUT2D eigenvalue weighted by molar-refractivity contribution is 8.02. The summed E-state index contributed by atoms with van der Waals surface area (Å²) in [4.78, 5) is 11.7. The van der Waals surface area contributed by atoms with Crippen LogP contribution in [0.25, 0.3) is 0 Å². The van der Waals surface area contributed by atoms with Gasteiger partial charge in [0.1, 0.15) is 0 Å². The van der Waals surface area contributed by atoms with E-state index in [1.807, 2.05) is 24.3 Å². The van der Waals surface area contributed by atoms with Gasteiger partial charge in [-0.1, -0.05) is 11.8 Å². The van der Waals surface area contributed by atoms with E-state index in [0.717, 1.165) is 13.3 Å². The Hall–Kier alpha value is -0.950. The van der Waals surface area contributed by atoms with Crippen molar-refractivity contribution in [3.05, 3.63) is 42.0 Å². The number of hydrogen-bond acceptors (Lipinski definition) is 5. The van der Waals surface area contributed by atoms with E-state index in [4.69, 9.17) is 10.2 Å². The van der Waals surface area contributed by atoms with Gasteiger partial charge in [0.25, 0.3) is 0 Å². The van der Waals surface area contributed by atoms with E-state index in [1.54, 1.807) is 35.2 Å². The van der Waals surface area contributed by atoms with Gasteiger partial charge in [-0.25, -0.2) is 4.79 Å². The molecule has 0 aliphatic rings. The third kappa shape index (κ3) is 3.26. The van der Waals surface area contributed by atoms with Crippen molar-refractivity contribution in [2.24, 2.45) is 5.14 Å². The van der Waals surface area contributed by atoms with Crippen molar-refractivity contribution in [2.45, 2.75) is 13.3 Å². The van der Waals surface area contributed by atoms with Crippen molar-refractivity contribution in [1.82, 2.24) is 0 Å². The molecule has 0 bridgehead atoms. The van der Waals surface area contributed by atoms with Gasteiger partial charge < -0.3 is 5.11 Å². The third-order valence-electron chi connectivity index (χ3n) is 1.99. The summed E-state index contributed by atoms with van der Waals surface area (Å²) in [5.74, 6) is -0.903. The Bertz CT molecular complexity index is 522. The largest absolute Gasteiger partial charge is 0.478 e. The van der Waals surface area contributed by atoms with Crippen LogP contribution in [0.15, 0.2) is 49.7 Å². The maximum atomic E-state index is 10.7. The molecule has 0 unspecified atom stereocenters. The van der Waals surface area contributed by atoms with E-state index >= 15 is 0 Å². The van der Waals surface area contributed by atoms with Crippen LogP contribution in [-0.2, 0) is 0 Å². The van der Waals surface area contributed by atoms with Crippen LogP contribution in [0.3, 0.4) is 0 Å². The first-order chi connectivity index (χ1) is 8.19. The first kappa shape index (κ1) is 12.5. The second-order valence-electron chi connectivity index (χ2n) is 3.12. The molecule has 3 N–H and O–H groups in total. The van der Waals surface area contributed by atoms with Gasteiger partial charge in [0.2, 0.25) is 0 Å². The molecule has 0 saturated heterocycles. The van der Waals surface area contributed by atoms with Gasteiger partial charge in [-0.2, -0.15) is 0 Å². The van der Waals surface area contributed by atoms with Crippen LogP contribution in [0, 0.1) is 0 Å². The lowest BCUT2D eigenvalue weighted by molar-refractivity contribution is 0.0697. The van der Waals surface area contributed by atoms with Crippen molar-refractivity contribution >= 4 is 41.0 Å². The molecule has 1 aromatic carbocycles. The molecule has 6 heteroatoms. The average molecular weight is 283 g/mol. The molecule has 1 aromatic heterocycles. The zero-order valence-electron chi connectivity index (χ0n) is 8.62. The topological polar surface area (TPSA) is 63.3 Å². The Balaban J connectivity index is 2.10. The predicted octanol–water partition coefficient (Wildman–Crippen LogP) is 3.56. The van der Waals surface area contributed by atoms with Crippen LogP contribution in [-0.4, -0.2) is 11.1 Å². The Labute approximate surface area is 111 Å². The van der Waals surface area contributed by atoms with Crippen LogP contribution < -0.4 is 5.14 Å². The van der Waals surface area contributed by atoms with Crippen LogP contribution >= 0.6 is 35.0 Å². The normalized spacial score (nSPS) is 10.4. The van der Waals surface area contributed by atoms with Gasteiger partial charge in [0.15, 0.2) is 0 Å². The number of carboxylic acids is 1. The molecule has 0 saturated carbocycles. The summed E-state index contributed by atoms with van der Waals surface area (Å²) < 4.78 is 2.20. The maximum Gasteiger partial charge on any atom is 0.335 e. The Morgan fingerprint density at radius 2 is 1.76 bits per heavy atom. The van der Waals surface area contributed by atoms with Crippen LogP contribution in [0.2, 0.25) is 0 Å². The number of aromatic carboxylic acids is 1. The molecule has 88 valence electrons. The molecular formula is C11H9NO2S3. The van der Waals surface area contributed by atoms with Crippen molar-refractivity contribution in [1.29, 1.82) is 0 Å². The number of benzene rings is 1. The lowest BCUT2D eigenvalue weighted by Gasteiger charge is -1.99. The molecule has 1 heterocycles. The van der Waals surface area contributed by atoms with E-state index in [1.165, 1.54) is 11.9 Å². The van der Waals surface area contributed by atoms with Gasteiger partial charge in [-0.05, 0) is 48.3 Å². The molecule has 3 nitrogen and oxygen atoms in total. The molecular weight excluding hydrogens is 274 g/mol. The van der Waals surface area contributed by atoms with Crippen LogP contribution in [0.1, 0.15) is 10.4 Å². The zero-order valence-corrected chi connectivity index (χ0v) is 11.1.